The van der Waals surface area contributed by atoms with Gasteiger partial charge in [0.1, 0.15) is 5.76 Å². The number of benzene rings is 1. The number of nitriles is 1. The van der Waals surface area contributed by atoms with E-state index in [1.807, 2.05) is 36.4 Å². The summed E-state index contributed by atoms with van der Waals surface area (Å²) >= 11 is 0. The Bertz CT molecular complexity index is 880. The Kier molecular flexibility index (Phi) is 3.28. The van der Waals surface area contributed by atoms with Crippen LogP contribution in [0.5, 0.6) is 0 Å². The Morgan fingerprint density at radius 3 is 3.00 bits per heavy atom. The second-order valence-electron chi connectivity index (χ2n) is 5.46. The minimum atomic E-state index is 0.621. The van der Waals surface area contributed by atoms with Gasteiger partial charge in [-0.25, -0.2) is 4.98 Å². The molecule has 0 fully saturated rings. The molecule has 0 aliphatic carbocycles. The van der Waals surface area contributed by atoms with E-state index in [-0.39, 0.29) is 0 Å². The second kappa shape index (κ2) is 5.58. The molecular formula is C18H14N4O. The van der Waals surface area contributed by atoms with Gasteiger partial charge in [-0.05, 0) is 30.3 Å². The Balaban J connectivity index is 1.62. The van der Waals surface area contributed by atoms with Crippen LogP contribution in [0.1, 0.15) is 17.0 Å². The standard InChI is InChI=1S/C18H14N4O/c19-10-13-3-1-5-15(9-13)22-8-6-16-17(12-22)23-18(21-16)14-4-2-7-20-11-14/h1-5,7,9,11H,6,8,12H2. The van der Waals surface area contributed by atoms with Crippen LogP contribution in [0.4, 0.5) is 5.69 Å². The highest BCUT2D eigenvalue weighted by atomic mass is 16.4. The van der Waals surface area contributed by atoms with Crippen molar-refractivity contribution in [3.63, 3.8) is 0 Å². The molecule has 0 N–H and O–H groups in total. The van der Waals surface area contributed by atoms with Gasteiger partial charge in [-0.1, -0.05) is 6.07 Å². The summed E-state index contributed by atoms with van der Waals surface area (Å²) in [6, 6.07) is 13.6. The third kappa shape index (κ3) is 2.55. The van der Waals surface area contributed by atoms with Gasteiger partial charge in [0.15, 0.2) is 0 Å². The highest BCUT2D eigenvalue weighted by Gasteiger charge is 2.23. The number of pyridine rings is 1. The fraction of sp³-hybridized carbons (Fsp3) is 0.167. The van der Waals surface area contributed by atoms with Crippen molar-refractivity contribution in [3.05, 3.63) is 65.8 Å². The van der Waals surface area contributed by atoms with E-state index in [1.54, 1.807) is 12.4 Å². The van der Waals surface area contributed by atoms with Crippen LogP contribution >= 0.6 is 0 Å². The molecule has 3 aromatic rings. The first-order valence-electron chi connectivity index (χ1n) is 7.47. The van der Waals surface area contributed by atoms with Crippen molar-refractivity contribution in [2.45, 2.75) is 13.0 Å². The maximum atomic E-state index is 9.04. The van der Waals surface area contributed by atoms with Crippen LogP contribution < -0.4 is 4.90 Å². The quantitative estimate of drug-likeness (QED) is 0.727. The molecule has 0 amide bonds. The second-order valence-corrected chi connectivity index (χ2v) is 5.46. The Morgan fingerprint density at radius 2 is 2.17 bits per heavy atom. The molecule has 1 aliphatic heterocycles. The first-order chi connectivity index (χ1) is 11.3. The maximum Gasteiger partial charge on any atom is 0.228 e. The molecule has 0 atom stereocenters. The van der Waals surface area contributed by atoms with Crippen LogP contribution in [0, 0.1) is 11.3 Å². The molecule has 0 bridgehead atoms. The summed E-state index contributed by atoms with van der Waals surface area (Å²) in [5.74, 6) is 1.51. The zero-order chi connectivity index (χ0) is 15.6. The third-order valence-electron chi connectivity index (χ3n) is 3.98. The predicted molar refractivity (Wildman–Crippen MR) is 85.6 cm³/mol. The van der Waals surface area contributed by atoms with Crippen molar-refractivity contribution in [3.8, 4) is 17.5 Å². The van der Waals surface area contributed by atoms with Crippen molar-refractivity contribution in [2.24, 2.45) is 0 Å². The lowest BCUT2D eigenvalue weighted by Gasteiger charge is -2.27. The summed E-state index contributed by atoms with van der Waals surface area (Å²) in [4.78, 5) is 10.9. The van der Waals surface area contributed by atoms with E-state index in [9.17, 15) is 0 Å². The van der Waals surface area contributed by atoms with E-state index in [4.69, 9.17) is 9.68 Å². The number of rotatable bonds is 2. The monoisotopic (exact) mass is 302 g/mol. The van der Waals surface area contributed by atoms with E-state index in [1.165, 1.54) is 0 Å². The molecule has 2 aromatic heterocycles. The van der Waals surface area contributed by atoms with Gasteiger partial charge in [0.05, 0.1) is 29.4 Å². The minimum absolute atomic E-state index is 0.621. The molecule has 5 nitrogen and oxygen atoms in total. The maximum absolute atomic E-state index is 9.04. The van der Waals surface area contributed by atoms with E-state index in [0.717, 1.165) is 35.7 Å². The zero-order valence-corrected chi connectivity index (χ0v) is 12.4. The first kappa shape index (κ1) is 13.5. The van der Waals surface area contributed by atoms with Crippen molar-refractivity contribution >= 4 is 5.69 Å². The summed E-state index contributed by atoms with van der Waals surface area (Å²) in [5.41, 5.74) is 3.60. The molecule has 1 aliphatic rings. The summed E-state index contributed by atoms with van der Waals surface area (Å²) < 4.78 is 5.94. The molecule has 0 unspecified atom stereocenters. The third-order valence-corrected chi connectivity index (χ3v) is 3.98. The molecule has 1 aromatic carbocycles. The summed E-state index contributed by atoms with van der Waals surface area (Å²) in [6.45, 7) is 1.53. The van der Waals surface area contributed by atoms with Crippen LogP contribution in [-0.2, 0) is 13.0 Å². The lowest BCUT2D eigenvalue weighted by molar-refractivity contribution is 0.495. The summed E-state index contributed by atoms with van der Waals surface area (Å²) in [6.07, 6.45) is 4.32. The van der Waals surface area contributed by atoms with Crippen molar-refractivity contribution < 1.29 is 4.42 Å². The highest BCUT2D eigenvalue weighted by Crippen LogP contribution is 2.28. The molecule has 23 heavy (non-hydrogen) atoms. The van der Waals surface area contributed by atoms with Crippen LogP contribution in [0.25, 0.3) is 11.5 Å². The molecule has 0 radical (unpaired) electrons. The van der Waals surface area contributed by atoms with E-state index < -0.39 is 0 Å². The molecule has 112 valence electrons. The molecule has 5 heteroatoms. The molecule has 3 heterocycles. The van der Waals surface area contributed by atoms with Gasteiger partial charge >= 0.3 is 0 Å². The summed E-state index contributed by atoms with van der Waals surface area (Å²) in [7, 11) is 0. The zero-order valence-electron chi connectivity index (χ0n) is 12.4. The largest absolute Gasteiger partial charge is 0.439 e. The minimum Gasteiger partial charge on any atom is -0.439 e. The fourth-order valence-corrected chi connectivity index (χ4v) is 2.80. The van der Waals surface area contributed by atoms with Crippen molar-refractivity contribution in [2.75, 3.05) is 11.4 Å². The molecular weight excluding hydrogens is 288 g/mol. The fourth-order valence-electron chi connectivity index (χ4n) is 2.80. The number of nitrogens with zero attached hydrogens (tertiary/aromatic N) is 4. The average molecular weight is 302 g/mol. The smallest absolute Gasteiger partial charge is 0.228 e. The lowest BCUT2D eigenvalue weighted by atomic mass is 10.1. The van der Waals surface area contributed by atoms with Gasteiger partial charge in [0.25, 0.3) is 0 Å². The summed E-state index contributed by atoms with van der Waals surface area (Å²) in [5, 5.41) is 9.04. The molecule has 0 saturated carbocycles. The number of anilines is 1. The molecule has 0 spiro atoms. The Labute approximate surface area is 133 Å². The van der Waals surface area contributed by atoms with Crippen LogP contribution in [0.2, 0.25) is 0 Å². The van der Waals surface area contributed by atoms with Crippen molar-refractivity contribution in [1.29, 1.82) is 5.26 Å². The van der Waals surface area contributed by atoms with Crippen LogP contribution in [0.3, 0.4) is 0 Å². The van der Waals surface area contributed by atoms with Gasteiger partial charge < -0.3 is 9.32 Å². The van der Waals surface area contributed by atoms with Gasteiger partial charge in [-0.3, -0.25) is 4.98 Å². The van der Waals surface area contributed by atoms with E-state index in [0.29, 0.717) is 18.0 Å². The number of hydrogen-bond donors (Lipinski definition) is 0. The van der Waals surface area contributed by atoms with E-state index >= 15 is 0 Å². The van der Waals surface area contributed by atoms with Crippen molar-refractivity contribution in [1.82, 2.24) is 9.97 Å². The highest BCUT2D eigenvalue weighted by molar-refractivity contribution is 5.55. The van der Waals surface area contributed by atoms with Gasteiger partial charge in [0.2, 0.25) is 5.89 Å². The predicted octanol–water partition coefficient (Wildman–Crippen LogP) is 3.17. The van der Waals surface area contributed by atoms with E-state index in [2.05, 4.69) is 20.9 Å². The number of aromatic nitrogens is 2. The Hall–Kier alpha value is -3.13. The van der Waals surface area contributed by atoms with Crippen LogP contribution in [-0.4, -0.2) is 16.5 Å². The number of fused-ring (bicyclic) bond motifs is 1. The first-order valence-corrected chi connectivity index (χ1v) is 7.47. The topological polar surface area (TPSA) is 66.0 Å². The Morgan fingerprint density at radius 1 is 1.22 bits per heavy atom. The van der Waals surface area contributed by atoms with Gasteiger partial charge in [-0.2, -0.15) is 5.26 Å². The van der Waals surface area contributed by atoms with Gasteiger partial charge in [0, 0.05) is 31.0 Å². The lowest BCUT2D eigenvalue weighted by Crippen LogP contribution is -2.29. The van der Waals surface area contributed by atoms with Crippen LogP contribution in [0.15, 0.2) is 53.2 Å². The SMILES string of the molecule is N#Cc1cccc(N2CCc3nc(-c4cccnc4)oc3C2)c1. The molecule has 0 saturated heterocycles. The molecule has 4 rings (SSSR count). The number of hydrogen-bond acceptors (Lipinski definition) is 5. The normalized spacial score (nSPS) is 13.4. The average Bonchev–Trinajstić information content (AvgIpc) is 3.06. The number of oxazole rings is 1. The van der Waals surface area contributed by atoms with Gasteiger partial charge in [-0.15, -0.1) is 0 Å².